The number of carbonyl (C=O) groups excluding carboxylic acids is 2. The van der Waals surface area contributed by atoms with E-state index in [0.29, 0.717) is 17.9 Å². The molecule has 1 amide bonds. The SMILES string of the molecule is COC(=O)c1cccc(OCCN2CCC(NC(=O)C(C)C)CC2)c1. The predicted octanol–water partition coefficient (Wildman–Crippen LogP) is 2.09. The smallest absolute Gasteiger partial charge is 0.337 e. The normalized spacial score (nSPS) is 15.8. The van der Waals surface area contributed by atoms with Crippen LogP contribution < -0.4 is 10.1 Å². The summed E-state index contributed by atoms with van der Waals surface area (Å²) in [5.74, 6) is 0.470. The minimum Gasteiger partial charge on any atom is -0.492 e. The van der Waals surface area contributed by atoms with E-state index in [4.69, 9.17) is 9.47 Å². The summed E-state index contributed by atoms with van der Waals surface area (Å²) in [6.45, 7) is 7.12. The van der Waals surface area contributed by atoms with Gasteiger partial charge in [-0.15, -0.1) is 0 Å². The van der Waals surface area contributed by atoms with Gasteiger partial charge in [-0.05, 0) is 31.0 Å². The highest BCUT2D eigenvalue weighted by atomic mass is 16.5. The number of benzene rings is 1. The number of esters is 1. The number of methoxy groups -OCH3 is 1. The van der Waals surface area contributed by atoms with Gasteiger partial charge in [0.25, 0.3) is 0 Å². The zero-order valence-electron chi connectivity index (χ0n) is 15.3. The van der Waals surface area contributed by atoms with E-state index in [0.717, 1.165) is 32.5 Å². The second-order valence-electron chi connectivity index (χ2n) is 6.65. The molecule has 0 aliphatic carbocycles. The molecule has 2 rings (SSSR count). The molecule has 0 atom stereocenters. The molecule has 1 N–H and O–H groups in total. The fourth-order valence-electron chi connectivity index (χ4n) is 2.79. The predicted molar refractivity (Wildman–Crippen MR) is 95.7 cm³/mol. The highest BCUT2D eigenvalue weighted by Crippen LogP contribution is 2.15. The van der Waals surface area contributed by atoms with Gasteiger partial charge in [-0.2, -0.15) is 0 Å². The molecule has 1 aromatic rings. The summed E-state index contributed by atoms with van der Waals surface area (Å²) >= 11 is 0. The molecule has 0 spiro atoms. The number of nitrogens with one attached hydrogen (secondary N) is 1. The first-order valence-electron chi connectivity index (χ1n) is 8.83. The molecule has 0 saturated carbocycles. The van der Waals surface area contributed by atoms with Crippen molar-refractivity contribution < 1.29 is 19.1 Å². The molecule has 6 nitrogen and oxygen atoms in total. The first-order valence-corrected chi connectivity index (χ1v) is 8.83. The Morgan fingerprint density at radius 2 is 2.00 bits per heavy atom. The van der Waals surface area contributed by atoms with Crippen LogP contribution in [-0.2, 0) is 9.53 Å². The van der Waals surface area contributed by atoms with Gasteiger partial charge in [-0.3, -0.25) is 9.69 Å². The quantitative estimate of drug-likeness (QED) is 0.764. The van der Waals surface area contributed by atoms with Crippen LogP contribution in [0.1, 0.15) is 37.0 Å². The van der Waals surface area contributed by atoms with Crippen molar-refractivity contribution in [2.75, 3.05) is 33.4 Å². The van der Waals surface area contributed by atoms with Crippen LogP contribution in [0.2, 0.25) is 0 Å². The van der Waals surface area contributed by atoms with Crippen LogP contribution in [0.3, 0.4) is 0 Å². The van der Waals surface area contributed by atoms with Crippen LogP contribution in [0, 0.1) is 5.92 Å². The van der Waals surface area contributed by atoms with E-state index in [2.05, 4.69) is 10.2 Å². The number of piperidine rings is 1. The van der Waals surface area contributed by atoms with E-state index in [-0.39, 0.29) is 23.8 Å². The fourth-order valence-corrected chi connectivity index (χ4v) is 2.79. The van der Waals surface area contributed by atoms with Gasteiger partial charge in [0, 0.05) is 31.6 Å². The number of likely N-dealkylation sites (tertiary alicyclic amines) is 1. The Morgan fingerprint density at radius 1 is 1.28 bits per heavy atom. The topological polar surface area (TPSA) is 67.9 Å². The van der Waals surface area contributed by atoms with Crippen LogP contribution in [0.4, 0.5) is 0 Å². The Kier molecular flexibility index (Phi) is 7.25. The van der Waals surface area contributed by atoms with Gasteiger partial charge >= 0.3 is 5.97 Å². The highest BCUT2D eigenvalue weighted by molar-refractivity contribution is 5.89. The molecular formula is C19H28N2O4. The number of hydrogen-bond acceptors (Lipinski definition) is 5. The average molecular weight is 348 g/mol. The number of amides is 1. The van der Waals surface area contributed by atoms with Gasteiger partial charge in [0.05, 0.1) is 12.7 Å². The molecule has 1 fully saturated rings. The molecule has 0 bridgehead atoms. The zero-order valence-corrected chi connectivity index (χ0v) is 15.3. The van der Waals surface area contributed by atoms with Crippen molar-refractivity contribution in [2.24, 2.45) is 5.92 Å². The van der Waals surface area contributed by atoms with Crippen LogP contribution >= 0.6 is 0 Å². The van der Waals surface area contributed by atoms with E-state index >= 15 is 0 Å². The maximum Gasteiger partial charge on any atom is 0.337 e. The number of carbonyl (C=O) groups is 2. The Balaban J connectivity index is 1.70. The first-order chi connectivity index (χ1) is 12.0. The van der Waals surface area contributed by atoms with Crippen LogP contribution in [0.5, 0.6) is 5.75 Å². The summed E-state index contributed by atoms with van der Waals surface area (Å²) in [6.07, 6.45) is 1.94. The van der Waals surface area contributed by atoms with Gasteiger partial charge in [0.1, 0.15) is 12.4 Å². The van der Waals surface area contributed by atoms with E-state index in [1.807, 2.05) is 19.9 Å². The number of hydrogen-bond donors (Lipinski definition) is 1. The van der Waals surface area contributed by atoms with Crippen molar-refractivity contribution in [3.05, 3.63) is 29.8 Å². The lowest BCUT2D eigenvalue weighted by molar-refractivity contribution is -0.125. The Labute approximate surface area is 149 Å². The van der Waals surface area contributed by atoms with Crippen molar-refractivity contribution in [1.82, 2.24) is 10.2 Å². The molecular weight excluding hydrogens is 320 g/mol. The fraction of sp³-hybridized carbons (Fsp3) is 0.579. The van der Waals surface area contributed by atoms with Crippen molar-refractivity contribution >= 4 is 11.9 Å². The molecule has 0 aromatic heterocycles. The lowest BCUT2D eigenvalue weighted by atomic mass is 10.0. The molecule has 138 valence electrons. The molecule has 1 aliphatic rings. The summed E-state index contributed by atoms with van der Waals surface area (Å²) in [7, 11) is 1.36. The lowest BCUT2D eigenvalue weighted by Crippen LogP contribution is -2.46. The summed E-state index contributed by atoms with van der Waals surface area (Å²) in [4.78, 5) is 25.6. The van der Waals surface area contributed by atoms with Gasteiger partial charge in [-0.25, -0.2) is 4.79 Å². The highest BCUT2D eigenvalue weighted by Gasteiger charge is 2.21. The minimum atomic E-state index is -0.365. The monoisotopic (exact) mass is 348 g/mol. The third-order valence-corrected chi connectivity index (χ3v) is 4.39. The minimum absolute atomic E-state index is 0.0344. The number of nitrogens with zero attached hydrogens (tertiary/aromatic N) is 1. The third-order valence-electron chi connectivity index (χ3n) is 4.39. The summed E-state index contributed by atoms with van der Waals surface area (Å²) in [6, 6.07) is 7.29. The Morgan fingerprint density at radius 3 is 2.64 bits per heavy atom. The molecule has 6 heteroatoms. The molecule has 1 aliphatic heterocycles. The summed E-state index contributed by atoms with van der Waals surface area (Å²) in [5.41, 5.74) is 0.488. The van der Waals surface area contributed by atoms with Crippen molar-refractivity contribution in [2.45, 2.75) is 32.7 Å². The zero-order chi connectivity index (χ0) is 18.2. The maximum absolute atomic E-state index is 11.7. The van der Waals surface area contributed by atoms with Gasteiger partial charge < -0.3 is 14.8 Å². The second kappa shape index (κ2) is 9.42. The number of rotatable bonds is 7. The third kappa shape index (κ3) is 6.05. The van der Waals surface area contributed by atoms with Crippen LogP contribution in [0.25, 0.3) is 0 Å². The van der Waals surface area contributed by atoms with E-state index in [1.165, 1.54) is 7.11 Å². The largest absolute Gasteiger partial charge is 0.492 e. The van der Waals surface area contributed by atoms with E-state index < -0.39 is 0 Å². The number of ether oxygens (including phenoxy) is 2. The summed E-state index contributed by atoms with van der Waals surface area (Å²) in [5, 5.41) is 3.10. The van der Waals surface area contributed by atoms with Crippen molar-refractivity contribution in [3.8, 4) is 5.75 Å². The molecule has 0 unspecified atom stereocenters. The summed E-state index contributed by atoms with van der Waals surface area (Å²) < 4.78 is 10.5. The van der Waals surface area contributed by atoms with E-state index in [1.54, 1.807) is 18.2 Å². The van der Waals surface area contributed by atoms with Crippen LogP contribution in [0.15, 0.2) is 24.3 Å². The Bertz CT molecular complexity index is 581. The van der Waals surface area contributed by atoms with Crippen LogP contribution in [-0.4, -0.2) is 56.2 Å². The van der Waals surface area contributed by atoms with Gasteiger partial charge in [0.2, 0.25) is 5.91 Å². The van der Waals surface area contributed by atoms with Crippen molar-refractivity contribution in [3.63, 3.8) is 0 Å². The molecule has 25 heavy (non-hydrogen) atoms. The van der Waals surface area contributed by atoms with Gasteiger partial charge in [0.15, 0.2) is 0 Å². The standard InChI is InChI=1S/C19H28N2O4/c1-14(2)18(22)20-16-7-9-21(10-8-16)11-12-25-17-6-4-5-15(13-17)19(23)24-3/h4-6,13-14,16H,7-12H2,1-3H3,(H,20,22). The Hall–Kier alpha value is -2.08. The van der Waals surface area contributed by atoms with E-state index in [9.17, 15) is 9.59 Å². The van der Waals surface area contributed by atoms with Crippen molar-refractivity contribution in [1.29, 1.82) is 0 Å². The average Bonchev–Trinajstić information content (AvgIpc) is 2.62. The molecule has 1 saturated heterocycles. The first kappa shape index (κ1) is 19.2. The second-order valence-corrected chi connectivity index (χ2v) is 6.65. The maximum atomic E-state index is 11.7. The van der Waals surface area contributed by atoms with Gasteiger partial charge in [-0.1, -0.05) is 19.9 Å². The molecule has 0 radical (unpaired) electrons. The molecule has 1 aromatic carbocycles. The molecule has 1 heterocycles. The lowest BCUT2D eigenvalue weighted by Gasteiger charge is -2.32.